The standard InChI is InChI=1S/C21H28N2O3/c1-13-17-9-15(21(17,2)3)10-18(13)26-20(25)14-8-19(24)23(11-14)12-16-6-4-5-7-22-16/h4-7,13-15,17-18H,8-12H2,1-3H3/t13-,14+,15+,17+,18-/m0/s1. The molecule has 0 spiro atoms. The van der Waals surface area contributed by atoms with E-state index in [-0.39, 0.29) is 30.3 Å². The van der Waals surface area contributed by atoms with Crippen molar-refractivity contribution < 1.29 is 14.3 Å². The lowest BCUT2D eigenvalue weighted by Crippen LogP contribution is -2.57. The highest BCUT2D eigenvalue weighted by Gasteiger charge is 2.57. The quantitative estimate of drug-likeness (QED) is 0.778. The van der Waals surface area contributed by atoms with Gasteiger partial charge in [-0.15, -0.1) is 0 Å². The summed E-state index contributed by atoms with van der Waals surface area (Å²) in [5.41, 5.74) is 1.23. The van der Waals surface area contributed by atoms with Crippen LogP contribution in [-0.4, -0.2) is 34.4 Å². The number of likely N-dealkylation sites (tertiary alicyclic amines) is 1. The van der Waals surface area contributed by atoms with Crippen molar-refractivity contribution in [3.8, 4) is 0 Å². The number of fused-ring (bicyclic) bond motifs is 2. The van der Waals surface area contributed by atoms with Gasteiger partial charge in [0.25, 0.3) is 0 Å². The van der Waals surface area contributed by atoms with E-state index in [0.29, 0.717) is 36.3 Å². The van der Waals surface area contributed by atoms with Gasteiger partial charge in [0.2, 0.25) is 5.91 Å². The maximum Gasteiger partial charge on any atom is 0.311 e. The maximum atomic E-state index is 12.7. The molecule has 1 aromatic rings. The maximum absolute atomic E-state index is 12.7. The van der Waals surface area contributed by atoms with E-state index < -0.39 is 0 Å². The van der Waals surface area contributed by atoms with E-state index in [1.54, 1.807) is 11.1 Å². The number of pyridine rings is 1. The monoisotopic (exact) mass is 356 g/mol. The molecule has 4 fully saturated rings. The fourth-order valence-corrected chi connectivity index (χ4v) is 5.27. The van der Waals surface area contributed by atoms with Crippen LogP contribution in [0.3, 0.4) is 0 Å². The average Bonchev–Trinajstić information content (AvgIpc) is 2.98. The zero-order chi connectivity index (χ0) is 18.5. The Morgan fingerprint density at radius 2 is 2.15 bits per heavy atom. The van der Waals surface area contributed by atoms with Crippen molar-refractivity contribution in [1.82, 2.24) is 9.88 Å². The molecule has 1 aromatic heterocycles. The summed E-state index contributed by atoms with van der Waals surface area (Å²) in [7, 11) is 0. The van der Waals surface area contributed by atoms with Crippen molar-refractivity contribution in [2.45, 2.75) is 52.7 Å². The Morgan fingerprint density at radius 1 is 1.35 bits per heavy atom. The van der Waals surface area contributed by atoms with Crippen molar-refractivity contribution in [2.75, 3.05) is 6.54 Å². The molecule has 0 N–H and O–H groups in total. The second kappa shape index (κ2) is 6.36. The molecule has 3 saturated carbocycles. The highest BCUT2D eigenvalue weighted by molar-refractivity contribution is 5.86. The minimum atomic E-state index is -0.343. The molecule has 0 radical (unpaired) electrons. The topological polar surface area (TPSA) is 59.5 Å². The number of nitrogens with zero attached hydrogens (tertiary/aromatic N) is 2. The molecular formula is C21H28N2O3. The van der Waals surface area contributed by atoms with E-state index in [4.69, 9.17) is 4.74 Å². The number of esters is 1. The van der Waals surface area contributed by atoms with Gasteiger partial charge in [-0.2, -0.15) is 0 Å². The molecule has 2 heterocycles. The Bertz CT molecular complexity index is 702. The van der Waals surface area contributed by atoms with Gasteiger partial charge in [-0.1, -0.05) is 26.8 Å². The summed E-state index contributed by atoms with van der Waals surface area (Å²) in [5.74, 6) is 1.18. The van der Waals surface area contributed by atoms with Crippen LogP contribution in [0.5, 0.6) is 0 Å². The van der Waals surface area contributed by atoms with E-state index in [9.17, 15) is 9.59 Å². The number of hydrogen-bond acceptors (Lipinski definition) is 4. The molecule has 0 unspecified atom stereocenters. The second-order valence-corrected chi connectivity index (χ2v) is 8.93. The van der Waals surface area contributed by atoms with Gasteiger partial charge in [0.05, 0.1) is 18.2 Å². The van der Waals surface area contributed by atoms with Crippen LogP contribution in [0.25, 0.3) is 0 Å². The van der Waals surface area contributed by atoms with Gasteiger partial charge < -0.3 is 9.64 Å². The first-order valence-corrected chi connectivity index (χ1v) is 9.74. The highest BCUT2D eigenvalue weighted by atomic mass is 16.5. The van der Waals surface area contributed by atoms with Crippen molar-refractivity contribution in [2.24, 2.45) is 29.1 Å². The fourth-order valence-electron chi connectivity index (χ4n) is 5.27. The normalized spacial score (nSPS) is 35.1. The first-order chi connectivity index (χ1) is 12.4. The minimum absolute atomic E-state index is 0.0123. The highest BCUT2D eigenvalue weighted by Crippen LogP contribution is 2.61. The van der Waals surface area contributed by atoms with Crippen LogP contribution in [-0.2, 0) is 20.9 Å². The van der Waals surface area contributed by atoms with Gasteiger partial charge in [0, 0.05) is 19.2 Å². The largest absolute Gasteiger partial charge is 0.462 e. The number of hydrogen-bond donors (Lipinski definition) is 0. The molecule has 1 saturated heterocycles. The van der Waals surface area contributed by atoms with Crippen molar-refractivity contribution >= 4 is 11.9 Å². The van der Waals surface area contributed by atoms with Gasteiger partial charge in [-0.3, -0.25) is 14.6 Å². The Morgan fingerprint density at radius 3 is 2.81 bits per heavy atom. The smallest absolute Gasteiger partial charge is 0.311 e. The van der Waals surface area contributed by atoms with E-state index in [1.807, 2.05) is 18.2 Å². The lowest BCUT2D eigenvalue weighted by Gasteiger charge is -2.61. The third-order valence-electron chi connectivity index (χ3n) is 7.18. The molecule has 5 heteroatoms. The van der Waals surface area contributed by atoms with Gasteiger partial charge in [0.1, 0.15) is 6.10 Å². The Kier molecular flexibility index (Phi) is 4.28. The van der Waals surface area contributed by atoms with Gasteiger partial charge in [-0.25, -0.2) is 0 Å². The third kappa shape index (κ3) is 2.91. The first-order valence-electron chi connectivity index (χ1n) is 9.74. The SMILES string of the molecule is C[C@@H]1[C@@H](OC(=O)[C@@H]2CC(=O)N(Cc3ccccn3)C2)C[C@H]2C[C@H]1C2(C)C. The third-order valence-corrected chi connectivity index (χ3v) is 7.18. The van der Waals surface area contributed by atoms with Crippen LogP contribution in [0.15, 0.2) is 24.4 Å². The molecule has 0 aromatic carbocycles. The summed E-state index contributed by atoms with van der Waals surface area (Å²) in [4.78, 5) is 30.9. The van der Waals surface area contributed by atoms with Crippen LogP contribution in [0, 0.1) is 29.1 Å². The minimum Gasteiger partial charge on any atom is -0.462 e. The zero-order valence-electron chi connectivity index (χ0n) is 15.9. The number of aromatic nitrogens is 1. The molecule has 2 bridgehead atoms. The Balaban J connectivity index is 1.34. The van der Waals surface area contributed by atoms with Crippen molar-refractivity contribution in [1.29, 1.82) is 0 Å². The number of carbonyl (C=O) groups is 2. The summed E-state index contributed by atoms with van der Waals surface area (Å²) in [6, 6.07) is 5.66. The van der Waals surface area contributed by atoms with Gasteiger partial charge >= 0.3 is 5.97 Å². The molecule has 1 amide bonds. The molecule has 5 rings (SSSR count). The summed E-state index contributed by atoms with van der Waals surface area (Å²) in [6.07, 6.45) is 4.22. The predicted octanol–water partition coefficient (Wildman–Crippen LogP) is 3.04. The average molecular weight is 356 g/mol. The molecule has 26 heavy (non-hydrogen) atoms. The Hall–Kier alpha value is -1.91. The van der Waals surface area contributed by atoms with E-state index in [2.05, 4.69) is 25.8 Å². The van der Waals surface area contributed by atoms with E-state index in [0.717, 1.165) is 12.1 Å². The molecular weight excluding hydrogens is 328 g/mol. The van der Waals surface area contributed by atoms with Crippen LogP contribution in [0.4, 0.5) is 0 Å². The lowest BCUT2D eigenvalue weighted by atomic mass is 9.45. The molecule has 1 aliphatic heterocycles. The Labute approximate surface area is 155 Å². The molecule has 3 aliphatic carbocycles. The summed E-state index contributed by atoms with van der Waals surface area (Å²) in [5, 5.41) is 0. The first kappa shape index (κ1) is 17.5. The lowest BCUT2D eigenvalue weighted by molar-refractivity contribution is -0.189. The van der Waals surface area contributed by atoms with Crippen LogP contribution < -0.4 is 0 Å². The number of rotatable bonds is 4. The number of ether oxygens (including phenoxy) is 1. The van der Waals surface area contributed by atoms with E-state index in [1.165, 1.54) is 6.42 Å². The molecule has 5 atom stereocenters. The summed E-state index contributed by atoms with van der Waals surface area (Å²) < 4.78 is 5.90. The van der Waals surface area contributed by atoms with Crippen molar-refractivity contribution in [3.63, 3.8) is 0 Å². The second-order valence-electron chi connectivity index (χ2n) is 8.93. The molecule has 140 valence electrons. The number of amides is 1. The van der Waals surface area contributed by atoms with Gasteiger partial charge in [-0.05, 0) is 48.1 Å². The summed E-state index contributed by atoms with van der Waals surface area (Å²) >= 11 is 0. The molecule has 5 nitrogen and oxygen atoms in total. The zero-order valence-corrected chi connectivity index (χ0v) is 15.9. The number of carbonyl (C=O) groups excluding carboxylic acids is 2. The fraction of sp³-hybridized carbons (Fsp3) is 0.667. The van der Waals surface area contributed by atoms with Crippen molar-refractivity contribution in [3.05, 3.63) is 30.1 Å². The van der Waals surface area contributed by atoms with Crippen LogP contribution in [0.2, 0.25) is 0 Å². The van der Waals surface area contributed by atoms with Gasteiger partial charge in [0.15, 0.2) is 0 Å². The molecule has 4 aliphatic rings. The summed E-state index contributed by atoms with van der Waals surface area (Å²) in [6.45, 7) is 7.79. The van der Waals surface area contributed by atoms with Crippen LogP contribution >= 0.6 is 0 Å². The van der Waals surface area contributed by atoms with Crippen LogP contribution in [0.1, 0.15) is 45.7 Å². The predicted molar refractivity (Wildman–Crippen MR) is 96.8 cm³/mol. The van der Waals surface area contributed by atoms with E-state index >= 15 is 0 Å².